The van der Waals surface area contributed by atoms with Gasteiger partial charge >= 0.3 is 0 Å². The van der Waals surface area contributed by atoms with Gasteiger partial charge in [0, 0.05) is 17.7 Å². The van der Waals surface area contributed by atoms with Crippen molar-refractivity contribution in [3.63, 3.8) is 0 Å². The third kappa shape index (κ3) is 1.67. The number of rotatable bonds is 1. The SMILES string of the molecule is O=C1c2ccccc2C2(c3ccccc3)NCCCCN12. The molecule has 1 atom stereocenters. The molecule has 0 saturated carbocycles. The summed E-state index contributed by atoms with van der Waals surface area (Å²) in [5, 5.41) is 3.67. The second-order valence-corrected chi connectivity index (χ2v) is 5.71. The molecule has 2 aromatic rings. The van der Waals surface area contributed by atoms with Crippen LogP contribution < -0.4 is 5.32 Å². The fourth-order valence-electron chi connectivity index (χ4n) is 3.65. The molecule has 1 unspecified atom stereocenters. The molecule has 0 bridgehead atoms. The van der Waals surface area contributed by atoms with Crippen molar-refractivity contribution in [1.82, 2.24) is 10.2 Å². The Balaban J connectivity index is 2.00. The first-order valence-electron chi connectivity index (χ1n) is 7.56. The molecule has 0 aromatic heterocycles. The minimum atomic E-state index is -0.495. The number of hydrogen-bond acceptors (Lipinski definition) is 2. The van der Waals surface area contributed by atoms with Gasteiger partial charge in [0.25, 0.3) is 5.91 Å². The average Bonchev–Trinajstić information content (AvgIpc) is 2.70. The van der Waals surface area contributed by atoms with E-state index in [4.69, 9.17) is 0 Å². The molecule has 0 radical (unpaired) electrons. The summed E-state index contributed by atoms with van der Waals surface area (Å²) < 4.78 is 0. The predicted octanol–water partition coefficient (Wildman–Crippen LogP) is 2.73. The van der Waals surface area contributed by atoms with E-state index in [9.17, 15) is 4.79 Å². The molecule has 1 amide bonds. The van der Waals surface area contributed by atoms with E-state index < -0.39 is 5.66 Å². The quantitative estimate of drug-likeness (QED) is 0.870. The van der Waals surface area contributed by atoms with Gasteiger partial charge in [-0.05, 0) is 31.0 Å². The molecule has 1 N–H and O–H groups in total. The van der Waals surface area contributed by atoms with Crippen molar-refractivity contribution in [2.75, 3.05) is 13.1 Å². The lowest BCUT2D eigenvalue weighted by atomic mass is 9.90. The molecular weight excluding hydrogens is 260 g/mol. The van der Waals surface area contributed by atoms with E-state index in [0.717, 1.165) is 42.6 Å². The van der Waals surface area contributed by atoms with Crippen LogP contribution in [0.15, 0.2) is 54.6 Å². The van der Waals surface area contributed by atoms with E-state index in [-0.39, 0.29) is 5.91 Å². The zero-order valence-corrected chi connectivity index (χ0v) is 11.9. The highest BCUT2D eigenvalue weighted by atomic mass is 16.2. The van der Waals surface area contributed by atoms with Crippen molar-refractivity contribution in [3.8, 4) is 0 Å². The minimum absolute atomic E-state index is 0.142. The summed E-state index contributed by atoms with van der Waals surface area (Å²) in [6.45, 7) is 1.72. The first-order chi connectivity index (χ1) is 10.3. The molecule has 2 aromatic carbocycles. The number of fused-ring (bicyclic) bond motifs is 3. The highest BCUT2D eigenvalue weighted by Crippen LogP contribution is 2.43. The third-order valence-electron chi connectivity index (χ3n) is 4.58. The van der Waals surface area contributed by atoms with Crippen LogP contribution in [0.25, 0.3) is 0 Å². The van der Waals surface area contributed by atoms with Crippen LogP contribution in [0.1, 0.15) is 34.3 Å². The lowest BCUT2D eigenvalue weighted by Gasteiger charge is -2.39. The summed E-state index contributed by atoms with van der Waals surface area (Å²) in [4.78, 5) is 14.9. The number of carbonyl (C=O) groups excluding carboxylic acids is 1. The van der Waals surface area contributed by atoms with Gasteiger partial charge < -0.3 is 4.90 Å². The lowest BCUT2D eigenvalue weighted by Crippen LogP contribution is -2.53. The number of nitrogens with one attached hydrogen (secondary N) is 1. The van der Waals surface area contributed by atoms with Gasteiger partial charge in [-0.15, -0.1) is 0 Å². The van der Waals surface area contributed by atoms with Gasteiger partial charge in [0.15, 0.2) is 0 Å². The summed E-state index contributed by atoms with van der Waals surface area (Å²) in [5.41, 5.74) is 2.56. The van der Waals surface area contributed by atoms with E-state index in [2.05, 4.69) is 23.5 Å². The zero-order chi connectivity index (χ0) is 14.3. The monoisotopic (exact) mass is 278 g/mol. The van der Waals surface area contributed by atoms with Crippen LogP contribution in [0.2, 0.25) is 0 Å². The maximum atomic E-state index is 12.8. The van der Waals surface area contributed by atoms with Gasteiger partial charge in [-0.2, -0.15) is 0 Å². The number of carbonyl (C=O) groups is 1. The van der Waals surface area contributed by atoms with E-state index in [0.29, 0.717) is 0 Å². The van der Waals surface area contributed by atoms with Crippen LogP contribution in [0.4, 0.5) is 0 Å². The first kappa shape index (κ1) is 12.6. The number of benzene rings is 2. The van der Waals surface area contributed by atoms with Crippen molar-refractivity contribution in [1.29, 1.82) is 0 Å². The van der Waals surface area contributed by atoms with Crippen molar-refractivity contribution in [2.24, 2.45) is 0 Å². The van der Waals surface area contributed by atoms with Gasteiger partial charge in [-0.25, -0.2) is 0 Å². The van der Waals surface area contributed by atoms with E-state index in [1.54, 1.807) is 0 Å². The molecule has 21 heavy (non-hydrogen) atoms. The molecule has 3 nitrogen and oxygen atoms in total. The Kier molecular flexibility index (Phi) is 2.82. The van der Waals surface area contributed by atoms with Crippen LogP contribution in [0.5, 0.6) is 0 Å². The zero-order valence-electron chi connectivity index (χ0n) is 11.9. The van der Waals surface area contributed by atoms with Gasteiger partial charge in [0.2, 0.25) is 0 Å². The molecule has 1 saturated heterocycles. The third-order valence-corrected chi connectivity index (χ3v) is 4.58. The van der Waals surface area contributed by atoms with Gasteiger partial charge in [0.1, 0.15) is 5.66 Å². The summed E-state index contributed by atoms with van der Waals surface area (Å²) in [6.07, 6.45) is 2.14. The molecular formula is C18H18N2O. The number of nitrogens with zero attached hydrogens (tertiary/aromatic N) is 1. The highest BCUT2D eigenvalue weighted by molar-refractivity contribution is 6.00. The Morgan fingerprint density at radius 2 is 1.71 bits per heavy atom. The fraction of sp³-hybridized carbons (Fsp3) is 0.278. The molecule has 3 heteroatoms. The van der Waals surface area contributed by atoms with E-state index in [1.165, 1.54) is 0 Å². The van der Waals surface area contributed by atoms with Crippen molar-refractivity contribution in [3.05, 3.63) is 71.3 Å². The summed E-state index contributed by atoms with van der Waals surface area (Å²) in [5.74, 6) is 0.142. The second kappa shape index (κ2) is 4.71. The average molecular weight is 278 g/mol. The van der Waals surface area contributed by atoms with Crippen LogP contribution in [-0.4, -0.2) is 23.9 Å². The molecule has 2 aliphatic rings. The van der Waals surface area contributed by atoms with Crippen LogP contribution in [0, 0.1) is 0 Å². The molecule has 2 aliphatic heterocycles. The maximum absolute atomic E-state index is 12.8. The number of hydrogen-bond donors (Lipinski definition) is 1. The smallest absolute Gasteiger partial charge is 0.256 e. The van der Waals surface area contributed by atoms with Crippen LogP contribution >= 0.6 is 0 Å². The molecule has 4 rings (SSSR count). The highest BCUT2D eigenvalue weighted by Gasteiger charge is 2.50. The van der Waals surface area contributed by atoms with Crippen molar-refractivity contribution in [2.45, 2.75) is 18.5 Å². The van der Waals surface area contributed by atoms with E-state index >= 15 is 0 Å². The van der Waals surface area contributed by atoms with Gasteiger partial charge in [0.05, 0.1) is 0 Å². The second-order valence-electron chi connectivity index (χ2n) is 5.71. The number of amides is 1. The van der Waals surface area contributed by atoms with Crippen molar-refractivity contribution < 1.29 is 4.79 Å². The predicted molar refractivity (Wildman–Crippen MR) is 81.9 cm³/mol. The largest absolute Gasteiger partial charge is 0.312 e. The topological polar surface area (TPSA) is 32.3 Å². The van der Waals surface area contributed by atoms with Crippen LogP contribution in [0.3, 0.4) is 0 Å². The Hall–Kier alpha value is -2.13. The molecule has 106 valence electrons. The van der Waals surface area contributed by atoms with Gasteiger partial charge in [-0.3, -0.25) is 10.1 Å². The molecule has 0 spiro atoms. The van der Waals surface area contributed by atoms with Crippen molar-refractivity contribution >= 4 is 5.91 Å². The first-order valence-corrected chi connectivity index (χ1v) is 7.56. The molecule has 0 aliphatic carbocycles. The lowest BCUT2D eigenvalue weighted by molar-refractivity contribution is 0.0589. The Morgan fingerprint density at radius 3 is 2.57 bits per heavy atom. The molecule has 1 fully saturated rings. The summed E-state index contributed by atoms with van der Waals surface area (Å²) in [7, 11) is 0. The maximum Gasteiger partial charge on any atom is 0.256 e. The Labute approximate surface area is 124 Å². The normalized spacial score (nSPS) is 24.4. The summed E-state index contributed by atoms with van der Waals surface area (Å²) >= 11 is 0. The Morgan fingerprint density at radius 1 is 0.952 bits per heavy atom. The van der Waals surface area contributed by atoms with Gasteiger partial charge in [-0.1, -0.05) is 48.5 Å². The minimum Gasteiger partial charge on any atom is -0.312 e. The van der Waals surface area contributed by atoms with Crippen LogP contribution in [-0.2, 0) is 5.66 Å². The van der Waals surface area contributed by atoms with E-state index in [1.807, 2.05) is 41.3 Å². The fourth-order valence-corrected chi connectivity index (χ4v) is 3.65. The standard InChI is InChI=1S/C18H18N2O/c21-17-15-10-4-5-11-16(15)18(14-8-2-1-3-9-14)19-12-6-7-13-20(17)18/h1-5,8-11,19H,6-7,12-13H2. The Bertz CT molecular complexity index is 683. The molecule has 2 heterocycles. The summed E-state index contributed by atoms with van der Waals surface area (Å²) in [6, 6.07) is 18.3.